The average Bonchev–Trinajstić information content (AvgIpc) is 2.70. The molecule has 0 heterocycles. The molecule has 4 nitrogen and oxygen atoms in total. The second-order valence-electron chi connectivity index (χ2n) is 5.94. The summed E-state index contributed by atoms with van der Waals surface area (Å²) in [7, 11) is 0. The molecule has 0 aromatic heterocycles. The number of hydrogen-bond acceptors (Lipinski definition) is 3. The number of halogens is 1. The van der Waals surface area contributed by atoms with Gasteiger partial charge in [-0.25, -0.2) is 4.39 Å². The average molecular weight is 364 g/mol. The summed E-state index contributed by atoms with van der Waals surface area (Å²) in [5, 5.41) is 6.08. The lowest BCUT2D eigenvalue weighted by atomic mass is 10.1. The normalized spacial score (nSPS) is 11.5. The minimum Gasteiger partial charge on any atom is -0.494 e. The van der Waals surface area contributed by atoms with E-state index in [1.807, 2.05) is 61.5 Å². The minimum atomic E-state index is -0.603. The number of rotatable bonds is 7. The second-order valence-corrected chi connectivity index (χ2v) is 5.94. The number of nitrogens with one attached hydrogen (secondary N) is 2. The standard InChI is InChI=1S/C22H21FN2O2/c1-2-27-20-14-12-18(13-15-20)24-21(16-6-4-3-5-7-16)22(26)25-19-10-8-17(23)9-11-19/h3-15,21,24H,2H2,1H3,(H,25,26). The van der Waals surface area contributed by atoms with Gasteiger partial charge in [-0.3, -0.25) is 4.79 Å². The van der Waals surface area contributed by atoms with Gasteiger partial charge < -0.3 is 15.4 Å². The summed E-state index contributed by atoms with van der Waals surface area (Å²) in [6, 6.07) is 22.0. The molecule has 0 saturated heterocycles. The van der Waals surface area contributed by atoms with Crippen LogP contribution in [0.25, 0.3) is 0 Å². The maximum Gasteiger partial charge on any atom is 0.251 e. The molecule has 1 atom stereocenters. The maximum atomic E-state index is 13.1. The van der Waals surface area contributed by atoms with E-state index in [1.54, 1.807) is 0 Å². The van der Waals surface area contributed by atoms with Gasteiger partial charge in [-0.15, -0.1) is 0 Å². The molecule has 3 aromatic rings. The van der Waals surface area contributed by atoms with Crippen LogP contribution < -0.4 is 15.4 Å². The molecule has 27 heavy (non-hydrogen) atoms. The van der Waals surface area contributed by atoms with Gasteiger partial charge in [0.05, 0.1) is 6.61 Å². The van der Waals surface area contributed by atoms with Crippen LogP contribution in [0.5, 0.6) is 5.75 Å². The lowest BCUT2D eigenvalue weighted by molar-refractivity contribution is -0.117. The third-order valence-corrected chi connectivity index (χ3v) is 3.98. The van der Waals surface area contributed by atoms with Gasteiger partial charge in [0.1, 0.15) is 17.6 Å². The molecule has 2 N–H and O–H groups in total. The number of carbonyl (C=O) groups excluding carboxylic acids is 1. The highest BCUT2D eigenvalue weighted by Crippen LogP contribution is 2.23. The van der Waals surface area contributed by atoms with Crippen LogP contribution in [0.2, 0.25) is 0 Å². The van der Waals surface area contributed by atoms with Gasteiger partial charge in [-0.2, -0.15) is 0 Å². The zero-order chi connectivity index (χ0) is 19.1. The van der Waals surface area contributed by atoms with E-state index in [2.05, 4.69) is 10.6 Å². The summed E-state index contributed by atoms with van der Waals surface area (Å²) in [6.07, 6.45) is 0. The van der Waals surface area contributed by atoms with E-state index in [-0.39, 0.29) is 11.7 Å². The molecule has 0 fully saturated rings. The molecule has 1 unspecified atom stereocenters. The molecule has 3 rings (SSSR count). The highest BCUT2D eigenvalue weighted by molar-refractivity contribution is 5.97. The molecule has 0 aliphatic heterocycles. The molecular weight excluding hydrogens is 343 g/mol. The van der Waals surface area contributed by atoms with Gasteiger partial charge in [-0.05, 0) is 61.0 Å². The Hall–Kier alpha value is -3.34. The van der Waals surface area contributed by atoms with E-state index in [0.29, 0.717) is 12.3 Å². The summed E-state index contributed by atoms with van der Waals surface area (Å²) in [6.45, 7) is 2.52. The second kappa shape index (κ2) is 8.85. The van der Waals surface area contributed by atoms with Crippen LogP contribution in [-0.2, 0) is 4.79 Å². The molecule has 0 spiro atoms. The zero-order valence-electron chi connectivity index (χ0n) is 15.0. The third-order valence-electron chi connectivity index (χ3n) is 3.98. The summed E-state index contributed by atoms with van der Waals surface area (Å²) < 4.78 is 18.5. The Balaban J connectivity index is 1.80. The maximum absolute atomic E-state index is 13.1. The molecule has 0 radical (unpaired) electrons. The van der Waals surface area contributed by atoms with E-state index in [9.17, 15) is 9.18 Å². The van der Waals surface area contributed by atoms with Crippen LogP contribution in [-0.4, -0.2) is 12.5 Å². The highest BCUT2D eigenvalue weighted by Gasteiger charge is 2.20. The van der Waals surface area contributed by atoms with Crippen molar-refractivity contribution in [2.45, 2.75) is 13.0 Å². The Labute approximate surface area is 158 Å². The number of ether oxygens (including phenoxy) is 1. The highest BCUT2D eigenvalue weighted by atomic mass is 19.1. The third kappa shape index (κ3) is 5.07. The summed E-state index contributed by atoms with van der Waals surface area (Å²) in [5.41, 5.74) is 2.16. The van der Waals surface area contributed by atoms with Crippen molar-refractivity contribution in [1.82, 2.24) is 0 Å². The number of benzene rings is 3. The van der Waals surface area contributed by atoms with E-state index in [0.717, 1.165) is 17.0 Å². The van der Waals surface area contributed by atoms with Gasteiger partial charge >= 0.3 is 0 Å². The number of carbonyl (C=O) groups is 1. The molecule has 0 saturated carbocycles. The Bertz CT molecular complexity index is 865. The van der Waals surface area contributed by atoms with Crippen molar-refractivity contribution in [2.75, 3.05) is 17.2 Å². The molecule has 0 aliphatic rings. The van der Waals surface area contributed by atoms with E-state index >= 15 is 0 Å². The summed E-state index contributed by atoms with van der Waals surface area (Å²) in [4.78, 5) is 12.9. The Morgan fingerprint density at radius 3 is 2.19 bits per heavy atom. The summed E-state index contributed by atoms with van der Waals surface area (Å²) in [5.74, 6) is 0.192. The van der Waals surface area contributed by atoms with Crippen LogP contribution in [0.15, 0.2) is 78.9 Å². The molecule has 138 valence electrons. The van der Waals surface area contributed by atoms with Crippen molar-refractivity contribution < 1.29 is 13.9 Å². The Morgan fingerprint density at radius 2 is 1.56 bits per heavy atom. The lowest BCUT2D eigenvalue weighted by Crippen LogP contribution is -2.27. The van der Waals surface area contributed by atoms with Crippen LogP contribution >= 0.6 is 0 Å². The van der Waals surface area contributed by atoms with Gasteiger partial charge in [-0.1, -0.05) is 30.3 Å². The first-order valence-corrected chi connectivity index (χ1v) is 8.76. The molecule has 1 amide bonds. The zero-order valence-corrected chi connectivity index (χ0v) is 15.0. The Kier molecular flexibility index (Phi) is 6.05. The van der Waals surface area contributed by atoms with Crippen LogP contribution in [0.3, 0.4) is 0 Å². The van der Waals surface area contributed by atoms with Crippen molar-refractivity contribution in [3.8, 4) is 5.75 Å². The molecule has 0 aliphatic carbocycles. The van der Waals surface area contributed by atoms with Gasteiger partial charge in [0.2, 0.25) is 0 Å². The number of hydrogen-bond donors (Lipinski definition) is 2. The first kappa shape index (κ1) is 18.5. The van der Waals surface area contributed by atoms with E-state index < -0.39 is 6.04 Å². The predicted octanol–water partition coefficient (Wildman–Crippen LogP) is 5.02. The predicted molar refractivity (Wildman–Crippen MR) is 105 cm³/mol. The first-order chi connectivity index (χ1) is 13.2. The van der Waals surface area contributed by atoms with Gasteiger partial charge in [0.25, 0.3) is 5.91 Å². The SMILES string of the molecule is CCOc1ccc(NC(C(=O)Nc2ccc(F)cc2)c2ccccc2)cc1. The van der Waals surface area contributed by atoms with Gasteiger partial charge in [0.15, 0.2) is 0 Å². The van der Waals surface area contributed by atoms with Crippen molar-refractivity contribution in [3.05, 3.63) is 90.2 Å². The summed E-state index contributed by atoms with van der Waals surface area (Å²) >= 11 is 0. The number of anilines is 2. The monoisotopic (exact) mass is 364 g/mol. The number of amides is 1. The van der Waals surface area contributed by atoms with Crippen molar-refractivity contribution >= 4 is 17.3 Å². The van der Waals surface area contributed by atoms with Crippen LogP contribution in [0.4, 0.5) is 15.8 Å². The van der Waals surface area contributed by atoms with E-state index in [4.69, 9.17) is 4.74 Å². The lowest BCUT2D eigenvalue weighted by Gasteiger charge is -2.20. The first-order valence-electron chi connectivity index (χ1n) is 8.76. The van der Waals surface area contributed by atoms with Crippen molar-refractivity contribution in [3.63, 3.8) is 0 Å². The molecular formula is C22H21FN2O2. The fraction of sp³-hybridized carbons (Fsp3) is 0.136. The van der Waals surface area contributed by atoms with Crippen LogP contribution in [0.1, 0.15) is 18.5 Å². The topological polar surface area (TPSA) is 50.4 Å². The fourth-order valence-electron chi connectivity index (χ4n) is 2.67. The molecule has 5 heteroatoms. The molecule has 0 bridgehead atoms. The molecule has 3 aromatic carbocycles. The smallest absolute Gasteiger partial charge is 0.251 e. The van der Waals surface area contributed by atoms with Crippen LogP contribution in [0, 0.1) is 5.82 Å². The quantitative estimate of drug-likeness (QED) is 0.619. The van der Waals surface area contributed by atoms with Crippen molar-refractivity contribution in [1.29, 1.82) is 0 Å². The minimum absolute atomic E-state index is 0.235. The van der Waals surface area contributed by atoms with Gasteiger partial charge in [0, 0.05) is 11.4 Å². The van der Waals surface area contributed by atoms with E-state index in [1.165, 1.54) is 24.3 Å². The fourth-order valence-corrected chi connectivity index (χ4v) is 2.67. The van der Waals surface area contributed by atoms with Crippen molar-refractivity contribution in [2.24, 2.45) is 0 Å². The Morgan fingerprint density at radius 1 is 0.926 bits per heavy atom. The largest absolute Gasteiger partial charge is 0.494 e.